The van der Waals surface area contributed by atoms with Gasteiger partial charge in [-0.3, -0.25) is 38.4 Å². The van der Waals surface area contributed by atoms with Gasteiger partial charge in [-0.05, 0) is 225 Å². The molecule has 0 fully saturated rings. The number of ether oxygens (including phenoxy) is 9. The molecule has 13 rings (SSSR count). The van der Waals surface area contributed by atoms with Gasteiger partial charge in [0.05, 0.1) is 86.8 Å². The second-order valence-corrected chi connectivity index (χ2v) is 34.7. The molecule has 802 valence electrons. The number of aliphatic hydroxyl groups is 1. The summed E-state index contributed by atoms with van der Waals surface area (Å²) in [6, 6.07) is 17.4. The number of pyridine rings is 4. The van der Waals surface area contributed by atoms with Gasteiger partial charge in [0.1, 0.15) is 34.8 Å². The van der Waals surface area contributed by atoms with Crippen LogP contribution in [-0.4, -0.2) is 240 Å². The van der Waals surface area contributed by atoms with Crippen molar-refractivity contribution in [1.82, 2.24) is 69.8 Å². The van der Waals surface area contributed by atoms with Crippen LogP contribution in [0.5, 0.6) is 30.1 Å². The Hall–Kier alpha value is -12.8. The molecule has 4 atom stereocenters. The fourth-order valence-corrected chi connectivity index (χ4v) is 16.7. The number of nitrogens with one attached hydrogen (secondary N) is 4. The van der Waals surface area contributed by atoms with Gasteiger partial charge in [0.15, 0.2) is 12.2 Å². The third-order valence-corrected chi connectivity index (χ3v) is 24.0. The summed E-state index contributed by atoms with van der Waals surface area (Å²) in [4.78, 5) is 155. The summed E-state index contributed by atoms with van der Waals surface area (Å²) < 4.78 is 104. The number of aryl methyl sites for hydroxylation is 8. The molecule has 9 aromatic heterocycles. The number of carboxylic acid groups (broad SMARTS) is 1. The molecule has 4 aliphatic rings. The zero-order valence-corrected chi connectivity index (χ0v) is 88.6. The van der Waals surface area contributed by atoms with E-state index in [0.29, 0.717) is 92.9 Å². The number of carbonyl (C=O) groups is 8. The minimum absolute atomic E-state index is 0. The van der Waals surface area contributed by atoms with Gasteiger partial charge in [0.2, 0.25) is 11.8 Å². The Labute approximate surface area is 883 Å². The standard InChI is InChI=1S/C27H36N4O6.C24H32F2N4O3.C24H32N4O4.C22H28F2N4O3.C6H6N2O2.CH4O.H2N.Na.H2O/c1-4-36-25(33)23(26(34)37-5-2)22(19-16-29-27(35-3)30-17-19)15-21(32)11-7-6-10-20-13-12-18-9-8-14-28-24(18)31-20;1-3-33-21(31)13-18(19-15-28-23(32-2)29-16-19)14-24(25,26)11-5-4-8-20-10-9-17-7-6-12-27-22(17)30-20;1-3-32-22(30)14-18(19-15-26-24(31-2)27-16-19)13-21(29)9-5-4-8-20-11-10-17-7-6-12-25-23(17)28-20;1-31-21-26-13-17(14-27-21)16(11-19(29)30)12-22(23,24)9-3-2-6-18-8-7-15-5-4-10-25-20(15)28-18;1-10-6-7-2-5(4-9)3-8-6;1-2;;;/h12-13,16-17,22-23H,4-11,14-15H2,1-3H3,(H,28,31);9-10,15-16,18H,3-8,11-14H2,1-2H3,(H,27,30);10-11,15-16,18H,3-9,12-14H2,1-2H3,(H,25,28);7-8,13-14,16H,2-6,9-12H2,1H3,(H,25,28)(H,29,30);2-4H,1H3;2H,1H3;1H2;;1H2/q;;;;;;-1;+1;/p-1. The Morgan fingerprint density at radius 1 is 0.385 bits per heavy atom. The zero-order chi connectivity index (χ0) is 105. The van der Waals surface area contributed by atoms with Crippen LogP contribution < -0.4 is 74.5 Å². The summed E-state index contributed by atoms with van der Waals surface area (Å²) in [6.45, 7) is 11.2. The molecule has 0 aromatic carbocycles. The summed E-state index contributed by atoms with van der Waals surface area (Å²) in [6.07, 6.45) is 30.8. The van der Waals surface area contributed by atoms with Crippen LogP contribution >= 0.6 is 0 Å². The van der Waals surface area contributed by atoms with Crippen LogP contribution in [0.2, 0.25) is 0 Å². The van der Waals surface area contributed by atoms with E-state index in [9.17, 15) is 55.9 Å². The number of fused-ring (bicyclic) bond motifs is 4. The molecule has 9 N–H and O–H groups in total. The number of nitrogens with zero attached hydrogens (tertiary/aromatic N) is 14. The van der Waals surface area contributed by atoms with Crippen LogP contribution in [0.1, 0.15) is 277 Å². The van der Waals surface area contributed by atoms with E-state index in [1.165, 1.54) is 107 Å². The molecule has 0 spiro atoms. The molecule has 0 aliphatic carbocycles. The number of aliphatic hydroxyl groups excluding tert-OH is 1. The van der Waals surface area contributed by atoms with Crippen LogP contribution in [0.4, 0.5) is 40.8 Å². The predicted molar refractivity (Wildman–Crippen MR) is 539 cm³/mol. The molecule has 148 heavy (non-hydrogen) atoms. The second kappa shape index (κ2) is 68.6. The van der Waals surface area contributed by atoms with Gasteiger partial charge in [0.25, 0.3) is 0 Å². The quantitative estimate of drug-likeness (QED) is 0.00392. The van der Waals surface area contributed by atoms with Gasteiger partial charge in [-0.1, -0.05) is 24.3 Å². The number of methoxy groups -OCH3 is 5. The summed E-state index contributed by atoms with van der Waals surface area (Å²) in [5.74, 6) is -9.52. The number of Topliss-reactive ketones (excluding diaryl/α,β-unsaturated/α-hetero) is 2. The topological polar surface area (TPSA) is 552 Å². The molecule has 9 aromatic rings. The predicted octanol–water partition coefficient (Wildman–Crippen LogP) is 13.5. The van der Waals surface area contributed by atoms with E-state index in [2.05, 4.69) is 122 Å². The van der Waals surface area contributed by atoms with Crippen molar-refractivity contribution in [2.24, 2.45) is 5.92 Å². The molecule has 44 heteroatoms. The van der Waals surface area contributed by atoms with E-state index in [-0.39, 0.29) is 153 Å². The average Bonchev–Trinajstić information content (AvgIpc) is 0.809. The van der Waals surface area contributed by atoms with Crippen LogP contribution in [0.25, 0.3) is 6.15 Å². The number of carbonyl (C=O) groups excluding carboxylic acids is 7. The Balaban J connectivity index is 0.000000332. The Morgan fingerprint density at radius 3 is 0.973 bits per heavy atom. The molecule has 13 heterocycles. The van der Waals surface area contributed by atoms with Gasteiger partial charge >= 0.3 is 89.5 Å². The van der Waals surface area contributed by atoms with Crippen molar-refractivity contribution < 1.29 is 144 Å². The number of aromatic nitrogens is 14. The first-order chi connectivity index (χ1) is 70.2. The van der Waals surface area contributed by atoms with E-state index in [1.54, 1.807) is 40.1 Å². The van der Waals surface area contributed by atoms with Crippen molar-refractivity contribution >= 4 is 71.0 Å². The van der Waals surface area contributed by atoms with Gasteiger partial charge in [-0.25, -0.2) is 87.3 Å². The first-order valence-corrected chi connectivity index (χ1v) is 49.4. The van der Waals surface area contributed by atoms with Crippen molar-refractivity contribution in [3.63, 3.8) is 0 Å². The third kappa shape index (κ3) is 44.3. The maximum atomic E-state index is 14.8. The number of esters is 4. The molecular formula is C104H141F4N19NaO20-. The van der Waals surface area contributed by atoms with Gasteiger partial charge in [0, 0.05) is 193 Å². The summed E-state index contributed by atoms with van der Waals surface area (Å²) in [5, 5.41) is 29.4. The number of nitrogens with two attached hydrogens (primary N) is 1. The summed E-state index contributed by atoms with van der Waals surface area (Å²) in [7, 11) is 8.22. The maximum absolute atomic E-state index is 14.8. The number of hydrogen-bond donors (Lipinski definition) is 6. The van der Waals surface area contributed by atoms with E-state index < -0.39 is 78.7 Å². The largest absolute Gasteiger partial charge is 1.00 e. The smallest absolute Gasteiger partial charge is 0.870 e. The van der Waals surface area contributed by atoms with Crippen LogP contribution in [0.15, 0.2) is 110 Å². The first-order valence-electron chi connectivity index (χ1n) is 49.4. The Kier molecular flexibility index (Phi) is 58.3. The van der Waals surface area contributed by atoms with E-state index in [0.717, 1.165) is 168 Å². The maximum Gasteiger partial charge on any atom is 1.00 e. The van der Waals surface area contributed by atoms with E-state index in [4.69, 9.17) is 58.1 Å². The number of hydrogen-bond acceptors (Lipinski definition) is 37. The fraction of sp³-hybridized carbons (Fsp3) is 0.538. The number of ketones is 2. The number of halogens is 4. The van der Waals surface area contributed by atoms with Crippen molar-refractivity contribution in [3.05, 3.63) is 189 Å². The molecule has 0 amide bonds. The first kappa shape index (κ1) is 126. The molecule has 39 nitrogen and oxygen atoms in total. The van der Waals surface area contributed by atoms with Crippen molar-refractivity contribution in [2.75, 3.05) is 117 Å². The Morgan fingerprint density at radius 2 is 0.669 bits per heavy atom. The number of unbranched alkanes of at least 4 members (excludes halogenated alkanes) is 4. The molecular weight excluding hydrogens is 1930 g/mol. The van der Waals surface area contributed by atoms with E-state index in [1.807, 2.05) is 12.1 Å². The number of carboxylic acids is 1. The monoisotopic (exact) mass is 2080 g/mol. The van der Waals surface area contributed by atoms with Gasteiger partial charge < -0.3 is 85.7 Å². The molecule has 4 aliphatic heterocycles. The minimum atomic E-state index is -2.98. The van der Waals surface area contributed by atoms with Crippen LogP contribution in [0, 0.1) is 5.92 Å². The normalized spacial score (nSPS) is 13.1. The molecule has 0 saturated carbocycles. The second-order valence-electron chi connectivity index (χ2n) is 34.7. The summed E-state index contributed by atoms with van der Waals surface area (Å²) in [5.41, 5.74) is 11.3. The number of alkyl halides is 4. The summed E-state index contributed by atoms with van der Waals surface area (Å²) >= 11 is 0. The van der Waals surface area contributed by atoms with Gasteiger partial charge in [-0.2, -0.15) is 0 Å². The number of anilines is 4. The number of aldehydes is 1. The molecule has 0 radical (unpaired) electrons. The third-order valence-electron chi connectivity index (χ3n) is 24.0. The number of rotatable bonds is 51. The fourth-order valence-electron chi connectivity index (χ4n) is 16.7. The number of aliphatic carboxylic acids is 1. The minimum Gasteiger partial charge on any atom is -0.870 e. The Bertz CT molecular complexity index is 5460. The van der Waals surface area contributed by atoms with E-state index >= 15 is 0 Å². The van der Waals surface area contributed by atoms with Crippen LogP contribution in [0.3, 0.4) is 0 Å². The van der Waals surface area contributed by atoms with Crippen molar-refractivity contribution in [2.45, 2.75) is 262 Å². The van der Waals surface area contributed by atoms with Crippen molar-refractivity contribution in [1.29, 1.82) is 0 Å². The van der Waals surface area contributed by atoms with Crippen molar-refractivity contribution in [3.8, 4) is 30.1 Å². The SMILES string of the molecule is CCOC(=O)C(C(=O)OCC)C(CC(=O)CCCCc1ccc2c(n1)NCCC2)c1cnc(OC)nc1.CCOC(=O)CC(CC(=O)CCCCc1ccc2c(n1)NCCC2)c1cnc(OC)nc1.CCOC(=O)CC(CC(F)(F)CCCCc1ccc2c(n1)NCCC2)c1cnc(OC)nc1.CO.COc1ncc(C(CC(=O)O)CC(F)(F)CCCCc2ccc3c(n2)NCCC3)cn1.COc1ncc(C=O)cn1.[NH2-].[Na+].[OH-]. The van der Waals surface area contributed by atoms with Gasteiger partial charge in [-0.15, -0.1) is 0 Å². The van der Waals surface area contributed by atoms with Crippen LogP contribution in [-0.2, 0) is 104 Å². The molecule has 0 bridgehead atoms. The zero-order valence-electron chi connectivity index (χ0n) is 86.6. The molecule has 0 saturated heterocycles. The molecule has 4 unspecified atom stereocenters. The average molecular weight is 2080 g/mol.